The summed E-state index contributed by atoms with van der Waals surface area (Å²) in [7, 11) is 0. The van der Waals surface area contributed by atoms with Crippen LogP contribution in [0.1, 0.15) is 32.1 Å². The van der Waals surface area contributed by atoms with E-state index in [0.29, 0.717) is 0 Å². The minimum atomic E-state index is 0.725. The first-order chi connectivity index (χ1) is 10.4. The lowest BCUT2D eigenvalue weighted by Crippen LogP contribution is -2.31. The van der Waals surface area contributed by atoms with E-state index < -0.39 is 0 Å². The number of nitrogens with one attached hydrogen (secondary N) is 2. The molecule has 2 N–H and O–H groups in total. The summed E-state index contributed by atoms with van der Waals surface area (Å²) in [6, 6.07) is 0.856. The molecule has 0 aromatic carbocycles. The van der Waals surface area contributed by atoms with Gasteiger partial charge in [-0.3, -0.25) is 5.10 Å². The van der Waals surface area contributed by atoms with Crippen molar-refractivity contribution in [3.63, 3.8) is 0 Å². The van der Waals surface area contributed by atoms with E-state index in [4.69, 9.17) is 0 Å². The van der Waals surface area contributed by atoms with E-state index in [1.54, 1.807) is 12.5 Å². The zero-order valence-electron chi connectivity index (χ0n) is 12.3. The maximum atomic E-state index is 4.34. The van der Waals surface area contributed by atoms with Gasteiger partial charge in [-0.2, -0.15) is 5.10 Å². The standard InChI is InChI=1S/C15H22N6/c1-2-4-12(3-1)21-6-5-11(9-21)7-16-14-13-8-19-20-15(13)18-10-17-14/h8,10-12H,1-7,9H2,(H2,16,17,18,19,20)/t11-/m0/s1. The molecule has 1 atom stereocenters. The van der Waals surface area contributed by atoms with Gasteiger partial charge in [0.1, 0.15) is 12.1 Å². The van der Waals surface area contributed by atoms with E-state index in [1.807, 2.05) is 0 Å². The van der Waals surface area contributed by atoms with Crippen LogP contribution in [0.5, 0.6) is 0 Å². The molecule has 2 aromatic rings. The third-order valence-corrected chi connectivity index (χ3v) is 4.96. The van der Waals surface area contributed by atoms with Crippen LogP contribution in [0.3, 0.4) is 0 Å². The zero-order chi connectivity index (χ0) is 14.1. The van der Waals surface area contributed by atoms with E-state index in [2.05, 4.69) is 30.4 Å². The van der Waals surface area contributed by atoms with E-state index in [0.717, 1.165) is 35.4 Å². The normalized spacial score (nSPS) is 24.1. The van der Waals surface area contributed by atoms with E-state index >= 15 is 0 Å². The van der Waals surface area contributed by atoms with Gasteiger partial charge in [-0.05, 0) is 31.7 Å². The van der Waals surface area contributed by atoms with Crippen molar-refractivity contribution in [2.75, 3.05) is 25.0 Å². The number of rotatable bonds is 4. The van der Waals surface area contributed by atoms with Gasteiger partial charge in [0.25, 0.3) is 0 Å². The molecule has 1 saturated carbocycles. The van der Waals surface area contributed by atoms with Crippen molar-refractivity contribution >= 4 is 16.9 Å². The van der Waals surface area contributed by atoms with Crippen LogP contribution in [-0.2, 0) is 0 Å². The quantitative estimate of drug-likeness (QED) is 0.900. The lowest BCUT2D eigenvalue weighted by molar-refractivity contribution is 0.238. The third-order valence-electron chi connectivity index (χ3n) is 4.96. The van der Waals surface area contributed by atoms with Crippen molar-refractivity contribution in [1.29, 1.82) is 0 Å². The molecular weight excluding hydrogens is 264 g/mol. The Bertz CT molecular complexity index is 603. The highest BCUT2D eigenvalue weighted by Gasteiger charge is 2.29. The molecule has 2 aliphatic rings. The van der Waals surface area contributed by atoms with Gasteiger partial charge in [0.15, 0.2) is 5.65 Å². The highest BCUT2D eigenvalue weighted by molar-refractivity contribution is 5.85. The monoisotopic (exact) mass is 286 g/mol. The third kappa shape index (κ3) is 2.60. The molecule has 2 fully saturated rings. The summed E-state index contributed by atoms with van der Waals surface area (Å²) in [6.45, 7) is 3.49. The molecule has 1 aliphatic carbocycles. The number of fused-ring (bicyclic) bond motifs is 1. The molecule has 0 radical (unpaired) electrons. The Morgan fingerprint density at radius 1 is 1.24 bits per heavy atom. The van der Waals surface area contributed by atoms with Crippen molar-refractivity contribution in [3.8, 4) is 0 Å². The first-order valence-electron chi connectivity index (χ1n) is 8.02. The van der Waals surface area contributed by atoms with Crippen LogP contribution >= 0.6 is 0 Å². The van der Waals surface area contributed by atoms with Crippen molar-refractivity contribution in [2.24, 2.45) is 5.92 Å². The molecule has 6 heteroatoms. The SMILES string of the molecule is c1nc(NC[C@@H]2CCN(C3CCCC3)C2)c2cn[nH]c2n1. The van der Waals surface area contributed by atoms with Crippen LogP contribution < -0.4 is 5.32 Å². The van der Waals surface area contributed by atoms with Gasteiger partial charge in [0.05, 0.1) is 11.6 Å². The summed E-state index contributed by atoms with van der Waals surface area (Å²) in [5.41, 5.74) is 0.798. The maximum absolute atomic E-state index is 4.34. The minimum Gasteiger partial charge on any atom is -0.369 e. The molecule has 4 rings (SSSR count). The Labute approximate surface area is 124 Å². The first kappa shape index (κ1) is 13.0. The first-order valence-corrected chi connectivity index (χ1v) is 8.02. The van der Waals surface area contributed by atoms with Crippen LogP contribution in [0, 0.1) is 5.92 Å². The van der Waals surface area contributed by atoms with Gasteiger partial charge in [-0.25, -0.2) is 9.97 Å². The van der Waals surface area contributed by atoms with Gasteiger partial charge in [0.2, 0.25) is 0 Å². The fourth-order valence-corrected chi connectivity index (χ4v) is 3.78. The van der Waals surface area contributed by atoms with Crippen LogP contribution in [0.4, 0.5) is 5.82 Å². The van der Waals surface area contributed by atoms with E-state index in [9.17, 15) is 0 Å². The fourth-order valence-electron chi connectivity index (χ4n) is 3.78. The lowest BCUT2D eigenvalue weighted by atomic mass is 10.1. The molecule has 0 spiro atoms. The Balaban J connectivity index is 1.36. The molecule has 2 aromatic heterocycles. The van der Waals surface area contributed by atoms with Crippen LogP contribution in [0.15, 0.2) is 12.5 Å². The molecular formula is C15H22N6. The minimum absolute atomic E-state index is 0.725. The number of aromatic amines is 1. The summed E-state index contributed by atoms with van der Waals surface area (Å²) in [5.74, 6) is 1.62. The topological polar surface area (TPSA) is 69.7 Å². The summed E-state index contributed by atoms with van der Waals surface area (Å²) in [5, 5.41) is 11.4. The van der Waals surface area contributed by atoms with E-state index in [-0.39, 0.29) is 0 Å². The molecule has 1 saturated heterocycles. The van der Waals surface area contributed by atoms with Crippen LogP contribution in [0.25, 0.3) is 11.0 Å². The highest BCUT2D eigenvalue weighted by atomic mass is 15.2. The largest absolute Gasteiger partial charge is 0.369 e. The number of hydrogen-bond donors (Lipinski definition) is 2. The van der Waals surface area contributed by atoms with Crippen molar-refractivity contribution in [2.45, 2.75) is 38.1 Å². The molecule has 112 valence electrons. The van der Waals surface area contributed by atoms with Gasteiger partial charge in [0, 0.05) is 19.1 Å². The van der Waals surface area contributed by atoms with Crippen molar-refractivity contribution in [1.82, 2.24) is 25.1 Å². The predicted molar refractivity (Wildman–Crippen MR) is 82.1 cm³/mol. The second-order valence-electron chi connectivity index (χ2n) is 6.32. The van der Waals surface area contributed by atoms with Gasteiger partial charge < -0.3 is 10.2 Å². The van der Waals surface area contributed by atoms with Gasteiger partial charge in [-0.1, -0.05) is 12.8 Å². The number of H-pyrrole nitrogens is 1. The predicted octanol–water partition coefficient (Wildman–Crippen LogP) is 2.03. The zero-order valence-corrected chi connectivity index (χ0v) is 12.3. The second-order valence-corrected chi connectivity index (χ2v) is 6.32. The Kier molecular flexibility index (Phi) is 3.47. The second kappa shape index (κ2) is 5.60. The molecule has 3 heterocycles. The van der Waals surface area contributed by atoms with Gasteiger partial charge in [-0.15, -0.1) is 0 Å². The smallest absolute Gasteiger partial charge is 0.160 e. The van der Waals surface area contributed by atoms with E-state index in [1.165, 1.54) is 45.2 Å². The van der Waals surface area contributed by atoms with Gasteiger partial charge >= 0.3 is 0 Å². The fraction of sp³-hybridized carbons (Fsp3) is 0.667. The Hall–Kier alpha value is -1.69. The molecule has 0 amide bonds. The summed E-state index contributed by atoms with van der Waals surface area (Å²) >= 11 is 0. The molecule has 6 nitrogen and oxygen atoms in total. The van der Waals surface area contributed by atoms with Crippen LogP contribution in [-0.4, -0.2) is 50.7 Å². The summed E-state index contributed by atoms with van der Waals surface area (Å²) < 4.78 is 0. The molecule has 21 heavy (non-hydrogen) atoms. The van der Waals surface area contributed by atoms with Crippen molar-refractivity contribution in [3.05, 3.63) is 12.5 Å². The average Bonchev–Trinajstić information content (AvgIpc) is 3.23. The average molecular weight is 286 g/mol. The highest BCUT2D eigenvalue weighted by Crippen LogP contribution is 2.28. The summed E-state index contributed by atoms with van der Waals surface area (Å²) in [6.07, 6.45) is 10.3. The number of nitrogens with zero attached hydrogens (tertiary/aromatic N) is 4. The maximum Gasteiger partial charge on any atom is 0.160 e. The Morgan fingerprint density at radius 3 is 3.05 bits per heavy atom. The number of anilines is 1. The number of likely N-dealkylation sites (tertiary alicyclic amines) is 1. The van der Waals surface area contributed by atoms with Crippen LogP contribution in [0.2, 0.25) is 0 Å². The lowest BCUT2D eigenvalue weighted by Gasteiger charge is -2.23. The molecule has 0 unspecified atom stereocenters. The molecule has 1 aliphatic heterocycles. The molecule has 0 bridgehead atoms. The number of aromatic nitrogens is 4. The van der Waals surface area contributed by atoms with Crippen molar-refractivity contribution < 1.29 is 0 Å². The Morgan fingerprint density at radius 2 is 2.14 bits per heavy atom. The number of hydrogen-bond acceptors (Lipinski definition) is 5. The summed E-state index contributed by atoms with van der Waals surface area (Å²) in [4.78, 5) is 11.2.